The van der Waals surface area contributed by atoms with Gasteiger partial charge in [-0.2, -0.15) is 0 Å². The lowest BCUT2D eigenvalue weighted by Crippen LogP contribution is -2.56. The van der Waals surface area contributed by atoms with Crippen molar-refractivity contribution in [3.05, 3.63) is 65.2 Å². The lowest BCUT2D eigenvalue weighted by atomic mass is 9.85. The summed E-state index contributed by atoms with van der Waals surface area (Å²) in [5, 5.41) is 0. The van der Waals surface area contributed by atoms with Gasteiger partial charge in [-0.15, -0.1) is 0 Å². The summed E-state index contributed by atoms with van der Waals surface area (Å²) in [5.74, 6) is -0.606. The number of nitrogens with zero attached hydrogens (tertiary/aromatic N) is 2. The van der Waals surface area contributed by atoms with Crippen LogP contribution >= 0.6 is 0 Å². The Labute approximate surface area is 223 Å². The molecule has 8 heteroatoms. The summed E-state index contributed by atoms with van der Waals surface area (Å²) >= 11 is 0. The summed E-state index contributed by atoms with van der Waals surface area (Å²) in [4.78, 5) is 54.9. The molecule has 8 nitrogen and oxygen atoms in total. The van der Waals surface area contributed by atoms with E-state index in [1.54, 1.807) is 63.1 Å². The van der Waals surface area contributed by atoms with Crippen LogP contribution in [0.4, 0.5) is 5.69 Å². The van der Waals surface area contributed by atoms with E-state index in [0.29, 0.717) is 11.4 Å². The summed E-state index contributed by atoms with van der Waals surface area (Å²) in [7, 11) is 1.57. The van der Waals surface area contributed by atoms with Crippen molar-refractivity contribution in [2.45, 2.75) is 71.1 Å². The predicted molar refractivity (Wildman–Crippen MR) is 143 cm³/mol. The average Bonchev–Trinajstić information content (AvgIpc) is 3.05. The van der Waals surface area contributed by atoms with Crippen molar-refractivity contribution in [1.29, 1.82) is 0 Å². The Balaban J connectivity index is 1.59. The quantitative estimate of drug-likeness (QED) is 0.320. The maximum atomic E-state index is 13.6. The Hall–Kier alpha value is -3.94. The monoisotopic (exact) mass is 518 g/mol. The summed E-state index contributed by atoms with van der Waals surface area (Å²) in [5.41, 5.74) is 1.47. The molecule has 1 saturated heterocycles. The molecular formula is C30H34N2O6. The Morgan fingerprint density at radius 1 is 1.08 bits per heavy atom. The van der Waals surface area contributed by atoms with Crippen LogP contribution < -0.4 is 9.64 Å². The van der Waals surface area contributed by atoms with E-state index in [2.05, 4.69) is 0 Å². The zero-order valence-corrected chi connectivity index (χ0v) is 22.7. The van der Waals surface area contributed by atoms with Crippen molar-refractivity contribution in [3.63, 3.8) is 0 Å². The fourth-order valence-electron chi connectivity index (χ4n) is 4.84. The zero-order valence-electron chi connectivity index (χ0n) is 22.7. The van der Waals surface area contributed by atoms with Gasteiger partial charge >= 0.3 is 5.97 Å². The van der Waals surface area contributed by atoms with E-state index in [9.17, 15) is 19.2 Å². The van der Waals surface area contributed by atoms with E-state index in [4.69, 9.17) is 9.47 Å². The van der Waals surface area contributed by atoms with Crippen LogP contribution in [-0.4, -0.2) is 47.3 Å². The van der Waals surface area contributed by atoms with Gasteiger partial charge in [0.2, 0.25) is 11.8 Å². The minimum absolute atomic E-state index is 0.130. The van der Waals surface area contributed by atoms with Crippen LogP contribution in [0.25, 0.3) is 6.08 Å². The molecule has 1 atom stereocenters. The van der Waals surface area contributed by atoms with Crippen molar-refractivity contribution in [2.75, 3.05) is 12.0 Å². The first-order valence-electron chi connectivity index (χ1n) is 12.7. The minimum atomic E-state index is -0.881. The molecule has 0 radical (unpaired) electrons. The lowest BCUT2D eigenvalue weighted by Gasteiger charge is -2.36. The van der Waals surface area contributed by atoms with Gasteiger partial charge in [0.25, 0.3) is 5.91 Å². The van der Waals surface area contributed by atoms with Crippen molar-refractivity contribution in [2.24, 2.45) is 0 Å². The number of ether oxygens (including phenoxy) is 2. The average molecular weight is 519 g/mol. The number of carbonyl (C=O) groups excluding carboxylic acids is 4. The molecule has 2 aliphatic rings. The van der Waals surface area contributed by atoms with Crippen LogP contribution in [0.15, 0.2) is 48.5 Å². The van der Waals surface area contributed by atoms with Gasteiger partial charge in [-0.1, -0.05) is 18.2 Å². The van der Waals surface area contributed by atoms with E-state index >= 15 is 0 Å². The number of methoxy groups -OCH3 is 1. The summed E-state index contributed by atoms with van der Waals surface area (Å²) in [6, 6.07) is 11.9. The zero-order chi connectivity index (χ0) is 27.8. The second-order valence-corrected chi connectivity index (χ2v) is 11.2. The Bertz CT molecular complexity index is 1300. The number of piperidine rings is 1. The highest BCUT2D eigenvalue weighted by Crippen LogP contribution is 2.44. The Morgan fingerprint density at radius 2 is 1.76 bits per heavy atom. The maximum absolute atomic E-state index is 13.6. The molecule has 0 N–H and O–H groups in total. The summed E-state index contributed by atoms with van der Waals surface area (Å²) in [6.07, 6.45) is 3.45. The largest absolute Gasteiger partial charge is 0.497 e. The van der Waals surface area contributed by atoms with Crippen molar-refractivity contribution < 1.29 is 28.7 Å². The second kappa shape index (κ2) is 10.1. The van der Waals surface area contributed by atoms with E-state index in [0.717, 1.165) is 16.7 Å². The molecule has 1 fully saturated rings. The second-order valence-electron chi connectivity index (χ2n) is 11.2. The first-order valence-corrected chi connectivity index (χ1v) is 12.7. The molecule has 0 saturated carbocycles. The van der Waals surface area contributed by atoms with Crippen LogP contribution in [-0.2, 0) is 35.9 Å². The number of fused-ring (bicyclic) bond motifs is 1. The maximum Gasteiger partial charge on any atom is 0.331 e. The normalized spacial score (nSPS) is 19.2. The number of benzene rings is 2. The Kier molecular flexibility index (Phi) is 7.19. The number of rotatable bonds is 6. The third-order valence-electron chi connectivity index (χ3n) is 6.82. The van der Waals surface area contributed by atoms with Gasteiger partial charge in [-0.25, -0.2) is 4.79 Å². The topological polar surface area (TPSA) is 93.2 Å². The van der Waals surface area contributed by atoms with E-state index < -0.39 is 23.0 Å². The number of amides is 3. The molecule has 2 aliphatic heterocycles. The standard InChI is InChI=1S/C30H34N2O6/c1-29(2,3)38-26(34)16-10-19-9-13-23-22(17-19)30(4,5)28(36)32(23)24-14-15-25(33)31(27(24)35)18-20-7-11-21(37-6)12-8-20/h7-13,16-17,24H,14-15,18H2,1-6H3/b16-10+. The number of imide groups is 1. The molecular weight excluding hydrogens is 484 g/mol. The molecule has 0 aliphatic carbocycles. The van der Waals surface area contributed by atoms with Crippen LogP contribution in [0.1, 0.15) is 64.2 Å². The fraction of sp³-hybridized carbons (Fsp3) is 0.400. The predicted octanol–water partition coefficient (Wildman–Crippen LogP) is 4.39. The minimum Gasteiger partial charge on any atom is -0.497 e. The van der Waals surface area contributed by atoms with Crippen LogP contribution in [0.2, 0.25) is 0 Å². The molecule has 1 unspecified atom stereocenters. The number of carbonyl (C=O) groups is 4. The van der Waals surface area contributed by atoms with E-state index in [1.807, 2.05) is 32.0 Å². The van der Waals surface area contributed by atoms with Gasteiger partial charge in [0.1, 0.15) is 17.4 Å². The van der Waals surface area contributed by atoms with Gasteiger partial charge in [0, 0.05) is 18.2 Å². The Morgan fingerprint density at radius 3 is 2.39 bits per heavy atom. The third-order valence-corrected chi connectivity index (χ3v) is 6.82. The molecule has 200 valence electrons. The van der Waals surface area contributed by atoms with E-state index in [-0.39, 0.29) is 37.1 Å². The number of anilines is 1. The highest BCUT2D eigenvalue weighted by Gasteiger charge is 2.50. The molecule has 0 spiro atoms. The molecule has 2 heterocycles. The van der Waals surface area contributed by atoms with E-state index in [1.165, 1.54) is 11.0 Å². The third kappa shape index (κ3) is 5.35. The molecule has 38 heavy (non-hydrogen) atoms. The SMILES string of the molecule is COc1ccc(CN2C(=O)CCC(N3C(=O)C(C)(C)c4cc(/C=C/C(=O)OC(C)(C)C)ccc43)C2=O)cc1. The fourth-order valence-corrected chi connectivity index (χ4v) is 4.84. The molecule has 0 bridgehead atoms. The van der Waals surface area contributed by atoms with Gasteiger partial charge < -0.3 is 9.47 Å². The molecule has 2 aromatic carbocycles. The molecule has 2 aromatic rings. The molecule has 4 rings (SSSR count). The van der Waals surface area contributed by atoms with Gasteiger partial charge in [-0.05, 0) is 88.1 Å². The van der Waals surface area contributed by atoms with Crippen LogP contribution in [0.5, 0.6) is 5.75 Å². The highest BCUT2D eigenvalue weighted by molar-refractivity contribution is 6.13. The molecule has 0 aromatic heterocycles. The first kappa shape index (κ1) is 27.1. The first-order chi connectivity index (χ1) is 17.8. The number of hydrogen-bond acceptors (Lipinski definition) is 6. The van der Waals surface area contributed by atoms with Gasteiger partial charge in [-0.3, -0.25) is 24.2 Å². The van der Waals surface area contributed by atoms with Crippen LogP contribution in [0, 0.1) is 0 Å². The van der Waals surface area contributed by atoms with Crippen molar-refractivity contribution in [1.82, 2.24) is 4.90 Å². The number of esters is 1. The molecule has 3 amide bonds. The lowest BCUT2D eigenvalue weighted by molar-refractivity contribution is -0.151. The summed E-state index contributed by atoms with van der Waals surface area (Å²) in [6.45, 7) is 9.18. The van der Waals surface area contributed by atoms with Gasteiger partial charge in [0.05, 0.1) is 19.1 Å². The van der Waals surface area contributed by atoms with Crippen molar-refractivity contribution in [3.8, 4) is 5.75 Å². The number of likely N-dealkylation sites (tertiary alicyclic amines) is 1. The summed E-state index contributed by atoms with van der Waals surface area (Å²) < 4.78 is 10.5. The smallest absolute Gasteiger partial charge is 0.331 e. The van der Waals surface area contributed by atoms with Crippen LogP contribution in [0.3, 0.4) is 0 Å². The van der Waals surface area contributed by atoms with Crippen molar-refractivity contribution >= 4 is 35.5 Å². The number of hydrogen-bond donors (Lipinski definition) is 0. The highest BCUT2D eigenvalue weighted by atomic mass is 16.6. The van der Waals surface area contributed by atoms with Gasteiger partial charge in [0.15, 0.2) is 0 Å².